The molecule has 0 aliphatic heterocycles. The Morgan fingerprint density at radius 3 is 2.30 bits per heavy atom. The van der Waals surface area contributed by atoms with Crippen molar-refractivity contribution in [2.24, 2.45) is 0 Å². The van der Waals surface area contributed by atoms with Crippen molar-refractivity contribution in [1.82, 2.24) is 0 Å². The third-order valence-corrected chi connectivity index (χ3v) is 1.37. The van der Waals surface area contributed by atoms with E-state index in [0.29, 0.717) is 5.56 Å². The first-order chi connectivity index (χ1) is 4.86. The zero-order valence-corrected chi connectivity index (χ0v) is 5.83. The molecule has 0 saturated heterocycles. The number of nitriles is 1. The number of hydrogen-bond donors (Lipinski definition) is 0. The van der Waals surface area contributed by atoms with Crippen LogP contribution in [-0.4, -0.2) is 0 Å². The minimum absolute atomic E-state index is 0.714. The second-order valence-electron chi connectivity index (χ2n) is 2.02. The topological polar surface area (TPSA) is 23.8 Å². The zero-order chi connectivity index (χ0) is 7.40. The average molecular weight is 130 g/mol. The SMILES string of the molecule is C[CH]c1ccc(C#N)cc1. The predicted molar refractivity (Wildman–Crippen MR) is 40.2 cm³/mol. The van der Waals surface area contributed by atoms with Gasteiger partial charge in [0.05, 0.1) is 11.6 Å². The van der Waals surface area contributed by atoms with Crippen molar-refractivity contribution in [3.63, 3.8) is 0 Å². The number of hydrogen-bond acceptors (Lipinski definition) is 1. The molecule has 0 spiro atoms. The molecule has 1 heteroatoms. The van der Waals surface area contributed by atoms with Crippen molar-refractivity contribution in [3.8, 4) is 6.07 Å². The van der Waals surface area contributed by atoms with Gasteiger partial charge in [-0.2, -0.15) is 5.26 Å². The zero-order valence-electron chi connectivity index (χ0n) is 5.83. The molecule has 0 fully saturated rings. The summed E-state index contributed by atoms with van der Waals surface area (Å²) in [7, 11) is 0. The molecule has 10 heavy (non-hydrogen) atoms. The van der Waals surface area contributed by atoms with E-state index in [1.165, 1.54) is 0 Å². The lowest BCUT2D eigenvalue weighted by molar-refractivity contribution is 1.40. The molecule has 1 rings (SSSR count). The van der Waals surface area contributed by atoms with Crippen molar-refractivity contribution in [1.29, 1.82) is 5.26 Å². The van der Waals surface area contributed by atoms with Crippen LogP contribution >= 0.6 is 0 Å². The van der Waals surface area contributed by atoms with E-state index in [1.807, 2.05) is 37.6 Å². The average Bonchev–Trinajstić information content (AvgIpc) is 2.05. The van der Waals surface area contributed by atoms with Gasteiger partial charge in [-0.15, -0.1) is 0 Å². The Kier molecular flexibility index (Phi) is 2.07. The van der Waals surface area contributed by atoms with E-state index in [0.717, 1.165) is 5.56 Å². The van der Waals surface area contributed by atoms with Crippen LogP contribution in [0.15, 0.2) is 24.3 Å². The van der Waals surface area contributed by atoms with E-state index in [2.05, 4.69) is 6.07 Å². The molecule has 0 unspecified atom stereocenters. The third-order valence-electron chi connectivity index (χ3n) is 1.37. The highest BCUT2D eigenvalue weighted by molar-refractivity contribution is 5.33. The Balaban J connectivity index is 2.93. The van der Waals surface area contributed by atoms with E-state index in [1.54, 1.807) is 0 Å². The van der Waals surface area contributed by atoms with Gasteiger partial charge in [-0.05, 0) is 24.1 Å². The lowest BCUT2D eigenvalue weighted by Gasteiger charge is -1.92. The molecule has 0 aliphatic carbocycles. The Labute approximate surface area is 60.9 Å². The molecule has 1 aromatic rings. The molecule has 0 N–H and O–H groups in total. The highest BCUT2D eigenvalue weighted by Gasteiger charge is 1.88. The first-order valence-corrected chi connectivity index (χ1v) is 3.16. The molecule has 0 bridgehead atoms. The standard InChI is InChI=1S/C9H8N/c1-2-8-3-5-9(7-10)6-4-8/h2-6H,1H3. The van der Waals surface area contributed by atoms with E-state index < -0.39 is 0 Å². The van der Waals surface area contributed by atoms with Crippen LogP contribution in [0.3, 0.4) is 0 Å². The van der Waals surface area contributed by atoms with Gasteiger partial charge in [0.25, 0.3) is 0 Å². The van der Waals surface area contributed by atoms with E-state index in [9.17, 15) is 0 Å². The van der Waals surface area contributed by atoms with Crippen LogP contribution in [0.25, 0.3) is 0 Å². The predicted octanol–water partition coefficient (Wildman–Crippen LogP) is 2.13. The number of nitrogens with zero attached hydrogens (tertiary/aromatic N) is 1. The molecular formula is C9H8N. The summed E-state index contributed by atoms with van der Waals surface area (Å²) in [5.41, 5.74) is 1.87. The van der Waals surface area contributed by atoms with Gasteiger partial charge in [0.1, 0.15) is 0 Å². The van der Waals surface area contributed by atoms with Crippen LogP contribution in [0, 0.1) is 17.8 Å². The molecule has 0 amide bonds. The largest absolute Gasteiger partial charge is 0.192 e. The van der Waals surface area contributed by atoms with Crippen LogP contribution in [0.4, 0.5) is 0 Å². The lowest BCUT2D eigenvalue weighted by Crippen LogP contribution is -1.77. The smallest absolute Gasteiger partial charge is 0.0991 e. The highest BCUT2D eigenvalue weighted by atomic mass is 14.2. The monoisotopic (exact) mass is 130 g/mol. The summed E-state index contributed by atoms with van der Waals surface area (Å²) < 4.78 is 0. The second-order valence-corrected chi connectivity index (χ2v) is 2.02. The minimum Gasteiger partial charge on any atom is -0.192 e. The van der Waals surface area contributed by atoms with Gasteiger partial charge in [0.2, 0.25) is 0 Å². The molecule has 1 aromatic carbocycles. The molecule has 0 saturated carbocycles. The summed E-state index contributed by atoms with van der Waals surface area (Å²) >= 11 is 0. The fraction of sp³-hybridized carbons (Fsp3) is 0.111. The molecule has 0 atom stereocenters. The first-order valence-electron chi connectivity index (χ1n) is 3.16. The van der Waals surface area contributed by atoms with Crippen LogP contribution in [0.2, 0.25) is 0 Å². The van der Waals surface area contributed by atoms with Gasteiger partial charge < -0.3 is 0 Å². The van der Waals surface area contributed by atoms with E-state index >= 15 is 0 Å². The van der Waals surface area contributed by atoms with Crippen molar-refractivity contribution in [2.45, 2.75) is 6.92 Å². The minimum atomic E-state index is 0.714. The Bertz CT molecular complexity index is 240. The first kappa shape index (κ1) is 6.82. The normalized spacial score (nSPS) is 8.80. The fourth-order valence-corrected chi connectivity index (χ4v) is 0.750. The summed E-state index contributed by atoms with van der Waals surface area (Å²) in [4.78, 5) is 0. The second kappa shape index (κ2) is 3.03. The molecule has 0 aliphatic rings. The van der Waals surface area contributed by atoms with Gasteiger partial charge in [-0.3, -0.25) is 0 Å². The van der Waals surface area contributed by atoms with Crippen LogP contribution in [0.1, 0.15) is 18.1 Å². The maximum Gasteiger partial charge on any atom is 0.0991 e. The van der Waals surface area contributed by atoms with E-state index in [4.69, 9.17) is 5.26 Å². The molecule has 0 aromatic heterocycles. The van der Waals surface area contributed by atoms with Crippen molar-refractivity contribution in [2.75, 3.05) is 0 Å². The van der Waals surface area contributed by atoms with Crippen molar-refractivity contribution >= 4 is 0 Å². The van der Waals surface area contributed by atoms with Gasteiger partial charge in [-0.25, -0.2) is 0 Å². The molecule has 1 radical (unpaired) electrons. The summed E-state index contributed by atoms with van der Waals surface area (Å²) in [6, 6.07) is 9.55. The number of benzene rings is 1. The van der Waals surface area contributed by atoms with Gasteiger partial charge in [0, 0.05) is 0 Å². The maximum atomic E-state index is 8.44. The van der Waals surface area contributed by atoms with Crippen molar-refractivity contribution in [3.05, 3.63) is 41.8 Å². The number of rotatable bonds is 1. The maximum absolute atomic E-state index is 8.44. The van der Waals surface area contributed by atoms with Crippen LogP contribution in [0.5, 0.6) is 0 Å². The van der Waals surface area contributed by atoms with Gasteiger partial charge in [0.15, 0.2) is 0 Å². The van der Waals surface area contributed by atoms with Gasteiger partial charge in [-0.1, -0.05) is 19.1 Å². The van der Waals surface area contributed by atoms with Crippen molar-refractivity contribution < 1.29 is 0 Å². The lowest BCUT2D eigenvalue weighted by atomic mass is 10.1. The fourth-order valence-electron chi connectivity index (χ4n) is 0.750. The van der Waals surface area contributed by atoms with E-state index in [-0.39, 0.29) is 0 Å². The molecule has 1 nitrogen and oxygen atoms in total. The molecule has 0 heterocycles. The highest BCUT2D eigenvalue weighted by Crippen LogP contribution is 2.04. The molecular weight excluding hydrogens is 122 g/mol. The molecule has 49 valence electrons. The summed E-state index contributed by atoms with van der Waals surface area (Å²) in [5.74, 6) is 0. The van der Waals surface area contributed by atoms with Crippen LogP contribution < -0.4 is 0 Å². The summed E-state index contributed by atoms with van der Waals surface area (Å²) in [6.07, 6.45) is 2.00. The quantitative estimate of drug-likeness (QED) is 0.571. The third kappa shape index (κ3) is 1.35. The van der Waals surface area contributed by atoms with Crippen LogP contribution in [-0.2, 0) is 0 Å². The summed E-state index contributed by atoms with van der Waals surface area (Å²) in [6.45, 7) is 1.97. The van der Waals surface area contributed by atoms with Gasteiger partial charge >= 0.3 is 0 Å². The Morgan fingerprint density at radius 2 is 1.90 bits per heavy atom. The Hall–Kier alpha value is -1.29. The Morgan fingerprint density at radius 1 is 1.30 bits per heavy atom. The summed E-state index contributed by atoms with van der Waals surface area (Å²) in [5, 5.41) is 8.44.